The lowest BCUT2D eigenvalue weighted by Gasteiger charge is -2.08. The zero-order valence-corrected chi connectivity index (χ0v) is 18.0. The Kier molecular flexibility index (Phi) is 8.80. The highest BCUT2D eigenvalue weighted by atomic mass is 16.5. The number of carboxylic acids is 1. The van der Waals surface area contributed by atoms with Crippen LogP contribution in [0.4, 0.5) is 0 Å². The van der Waals surface area contributed by atoms with Crippen LogP contribution in [0.3, 0.4) is 0 Å². The second kappa shape index (κ2) is 12.2. The van der Waals surface area contributed by atoms with E-state index in [1.54, 1.807) is 0 Å². The van der Waals surface area contributed by atoms with E-state index in [4.69, 9.17) is 9.84 Å². The van der Waals surface area contributed by atoms with Crippen LogP contribution in [0.15, 0.2) is 72.8 Å². The first-order valence-electron chi connectivity index (χ1n) is 10.9. The standard InChI is InChI=1S/C26H28N2O4/c29-25(23-11-7-12-24(28-23)26(30)31)27-18-17-21-13-15-22(16-14-21)32-19-6-2-5-10-20-8-3-1-4-9-20/h1,3-4,7-9,11-16H,2,5-6,10,17-19H2,(H,27,29)(H,30,31). The minimum atomic E-state index is -1.16. The third-order valence-corrected chi connectivity index (χ3v) is 5.04. The molecule has 0 spiro atoms. The Hall–Kier alpha value is -3.67. The van der Waals surface area contributed by atoms with Gasteiger partial charge in [-0.15, -0.1) is 0 Å². The second-order valence-corrected chi connectivity index (χ2v) is 7.51. The molecule has 6 nitrogen and oxygen atoms in total. The molecular formula is C26H28N2O4. The van der Waals surface area contributed by atoms with Crippen LogP contribution in [-0.2, 0) is 12.8 Å². The zero-order chi connectivity index (χ0) is 22.6. The predicted molar refractivity (Wildman–Crippen MR) is 123 cm³/mol. The lowest BCUT2D eigenvalue weighted by Crippen LogP contribution is -2.27. The molecule has 0 aliphatic heterocycles. The Balaban J connectivity index is 1.32. The highest BCUT2D eigenvalue weighted by Crippen LogP contribution is 2.14. The maximum Gasteiger partial charge on any atom is 0.354 e. The van der Waals surface area contributed by atoms with Crippen molar-refractivity contribution in [3.8, 4) is 5.75 Å². The summed E-state index contributed by atoms with van der Waals surface area (Å²) in [4.78, 5) is 27.0. The maximum atomic E-state index is 12.2. The number of carbonyl (C=O) groups excluding carboxylic acids is 1. The number of rotatable bonds is 12. The summed E-state index contributed by atoms with van der Waals surface area (Å²) in [6.07, 6.45) is 5.08. The van der Waals surface area contributed by atoms with Crippen LogP contribution in [0.25, 0.3) is 0 Å². The van der Waals surface area contributed by atoms with Gasteiger partial charge in [0.25, 0.3) is 5.91 Å². The van der Waals surface area contributed by atoms with Gasteiger partial charge >= 0.3 is 5.97 Å². The Bertz CT molecular complexity index is 1000. The number of aromatic nitrogens is 1. The fourth-order valence-electron chi connectivity index (χ4n) is 3.29. The van der Waals surface area contributed by atoms with Gasteiger partial charge in [0.05, 0.1) is 6.61 Å². The van der Waals surface area contributed by atoms with Crippen molar-refractivity contribution in [1.82, 2.24) is 10.3 Å². The molecule has 0 bridgehead atoms. The molecule has 0 atom stereocenters. The van der Waals surface area contributed by atoms with Crippen molar-refractivity contribution in [2.24, 2.45) is 0 Å². The van der Waals surface area contributed by atoms with E-state index in [9.17, 15) is 9.59 Å². The minimum absolute atomic E-state index is 0.0948. The number of nitrogens with one attached hydrogen (secondary N) is 1. The van der Waals surface area contributed by atoms with E-state index in [0.717, 1.165) is 37.0 Å². The third-order valence-electron chi connectivity index (χ3n) is 5.04. The Morgan fingerprint density at radius 3 is 2.25 bits per heavy atom. The molecule has 0 unspecified atom stereocenters. The van der Waals surface area contributed by atoms with E-state index >= 15 is 0 Å². The molecule has 32 heavy (non-hydrogen) atoms. The van der Waals surface area contributed by atoms with E-state index in [-0.39, 0.29) is 17.3 Å². The van der Waals surface area contributed by atoms with Crippen LogP contribution in [0.5, 0.6) is 5.75 Å². The van der Waals surface area contributed by atoms with Gasteiger partial charge in [-0.2, -0.15) is 0 Å². The topological polar surface area (TPSA) is 88.5 Å². The average molecular weight is 433 g/mol. The molecule has 1 amide bonds. The van der Waals surface area contributed by atoms with Gasteiger partial charge in [0.15, 0.2) is 0 Å². The number of aryl methyl sites for hydroxylation is 1. The first-order valence-corrected chi connectivity index (χ1v) is 10.9. The van der Waals surface area contributed by atoms with Crippen molar-refractivity contribution in [3.63, 3.8) is 0 Å². The molecule has 2 aromatic carbocycles. The number of carboxylic acid groups (broad SMARTS) is 1. The molecular weight excluding hydrogens is 404 g/mol. The number of amides is 1. The van der Waals surface area contributed by atoms with Crippen LogP contribution < -0.4 is 10.1 Å². The number of pyridine rings is 1. The second-order valence-electron chi connectivity index (χ2n) is 7.51. The highest BCUT2D eigenvalue weighted by Gasteiger charge is 2.10. The van der Waals surface area contributed by atoms with Gasteiger partial charge in [0.1, 0.15) is 17.1 Å². The number of nitrogens with zero attached hydrogens (tertiary/aromatic N) is 1. The molecule has 166 valence electrons. The van der Waals surface area contributed by atoms with Gasteiger partial charge in [-0.3, -0.25) is 4.79 Å². The van der Waals surface area contributed by atoms with Gasteiger partial charge in [-0.05, 0) is 67.5 Å². The van der Waals surface area contributed by atoms with Gasteiger partial charge in [0, 0.05) is 6.54 Å². The molecule has 1 heterocycles. The monoisotopic (exact) mass is 432 g/mol. The molecule has 0 saturated heterocycles. The van der Waals surface area contributed by atoms with Crippen LogP contribution >= 0.6 is 0 Å². The molecule has 3 rings (SSSR count). The molecule has 2 N–H and O–H groups in total. The van der Waals surface area contributed by atoms with Crippen LogP contribution in [-0.4, -0.2) is 35.1 Å². The lowest BCUT2D eigenvalue weighted by molar-refractivity contribution is 0.0690. The number of unbranched alkanes of at least 4 members (excludes halogenated alkanes) is 2. The van der Waals surface area contributed by atoms with Crippen LogP contribution in [0, 0.1) is 0 Å². The summed E-state index contributed by atoms with van der Waals surface area (Å²) in [6.45, 7) is 1.13. The molecule has 0 aliphatic rings. The summed E-state index contributed by atoms with van der Waals surface area (Å²) in [5.74, 6) is -0.704. The largest absolute Gasteiger partial charge is 0.494 e. The third kappa shape index (κ3) is 7.54. The molecule has 0 radical (unpaired) electrons. The van der Waals surface area contributed by atoms with Crippen molar-refractivity contribution < 1.29 is 19.4 Å². The van der Waals surface area contributed by atoms with E-state index in [1.165, 1.54) is 23.8 Å². The normalized spacial score (nSPS) is 10.5. The van der Waals surface area contributed by atoms with Gasteiger partial charge in [0.2, 0.25) is 0 Å². The summed E-state index contributed by atoms with van der Waals surface area (Å²) in [5, 5.41) is 11.7. The van der Waals surface area contributed by atoms with Crippen molar-refractivity contribution in [2.45, 2.75) is 32.1 Å². The smallest absolute Gasteiger partial charge is 0.354 e. The summed E-state index contributed by atoms with van der Waals surface area (Å²) in [5.41, 5.74) is 2.40. The Morgan fingerprint density at radius 1 is 0.781 bits per heavy atom. The van der Waals surface area contributed by atoms with Crippen LogP contribution in [0.1, 0.15) is 51.4 Å². The van der Waals surface area contributed by atoms with E-state index in [0.29, 0.717) is 19.6 Å². The SMILES string of the molecule is O=C(O)c1cccc(C(=O)NCCc2ccc(OCCCCCc3ccccc3)cc2)n1. The number of aromatic carboxylic acids is 1. The molecule has 0 fully saturated rings. The number of benzene rings is 2. The van der Waals surface area contributed by atoms with E-state index in [2.05, 4.69) is 34.6 Å². The van der Waals surface area contributed by atoms with Gasteiger partial charge in [-0.25, -0.2) is 9.78 Å². The maximum absolute atomic E-state index is 12.2. The Labute approximate surface area is 188 Å². The fourth-order valence-corrected chi connectivity index (χ4v) is 3.29. The average Bonchev–Trinajstić information content (AvgIpc) is 2.83. The predicted octanol–water partition coefficient (Wildman–Crippen LogP) is 4.54. The molecule has 3 aromatic rings. The van der Waals surface area contributed by atoms with Crippen LogP contribution in [0.2, 0.25) is 0 Å². The van der Waals surface area contributed by atoms with Crippen molar-refractivity contribution in [2.75, 3.05) is 13.2 Å². The molecule has 1 aromatic heterocycles. The highest BCUT2D eigenvalue weighted by molar-refractivity contribution is 5.94. The van der Waals surface area contributed by atoms with E-state index < -0.39 is 5.97 Å². The number of hydrogen-bond donors (Lipinski definition) is 2. The first kappa shape index (κ1) is 23.0. The van der Waals surface area contributed by atoms with Gasteiger partial charge < -0.3 is 15.2 Å². The fraction of sp³-hybridized carbons (Fsp3) is 0.269. The first-order chi connectivity index (χ1) is 15.6. The minimum Gasteiger partial charge on any atom is -0.494 e. The van der Waals surface area contributed by atoms with E-state index in [1.807, 2.05) is 30.3 Å². The lowest BCUT2D eigenvalue weighted by atomic mass is 10.1. The van der Waals surface area contributed by atoms with Crippen molar-refractivity contribution >= 4 is 11.9 Å². The zero-order valence-electron chi connectivity index (χ0n) is 18.0. The summed E-state index contributed by atoms with van der Waals surface area (Å²) < 4.78 is 5.82. The Morgan fingerprint density at radius 2 is 1.50 bits per heavy atom. The number of ether oxygens (including phenoxy) is 1. The van der Waals surface area contributed by atoms with Crippen molar-refractivity contribution in [3.05, 3.63) is 95.3 Å². The quantitative estimate of drug-likeness (QED) is 0.410. The molecule has 0 saturated carbocycles. The summed E-state index contributed by atoms with van der Waals surface area (Å²) in [7, 11) is 0. The number of carbonyl (C=O) groups is 2. The molecule has 0 aliphatic carbocycles. The van der Waals surface area contributed by atoms with Gasteiger partial charge in [-0.1, -0.05) is 48.5 Å². The van der Waals surface area contributed by atoms with Crippen molar-refractivity contribution in [1.29, 1.82) is 0 Å². The molecule has 6 heteroatoms. The summed E-state index contributed by atoms with van der Waals surface area (Å²) >= 11 is 0. The summed E-state index contributed by atoms with van der Waals surface area (Å²) in [6, 6.07) is 22.7. The number of hydrogen-bond acceptors (Lipinski definition) is 4.